The molecule has 0 bridgehead atoms. The Labute approximate surface area is 231 Å². The molecule has 2 heterocycles. The molecule has 212 valence electrons. The zero-order valence-electron chi connectivity index (χ0n) is 23.4. The highest BCUT2D eigenvalue weighted by molar-refractivity contribution is 6.06. The van der Waals surface area contributed by atoms with E-state index in [4.69, 9.17) is 9.84 Å². The molecule has 2 N–H and O–H groups in total. The molecule has 1 aromatic carbocycles. The molecule has 2 fully saturated rings. The van der Waals surface area contributed by atoms with E-state index >= 15 is 0 Å². The number of nitrogens with zero attached hydrogens (tertiary/aromatic N) is 1. The van der Waals surface area contributed by atoms with Crippen LogP contribution in [0.25, 0.3) is 6.08 Å². The van der Waals surface area contributed by atoms with E-state index < -0.39 is 5.97 Å². The first-order chi connectivity index (χ1) is 18.8. The van der Waals surface area contributed by atoms with Crippen LogP contribution in [-0.2, 0) is 19.1 Å². The molecule has 2 aliphatic heterocycles. The van der Waals surface area contributed by atoms with Crippen LogP contribution in [0.3, 0.4) is 0 Å². The lowest BCUT2D eigenvalue weighted by Crippen LogP contribution is -2.34. The molecule has 0 saturated carbocycles. The largest absolute Gasteiger partial charge is 0.507 e. The number of amides is 2. The van der Waals surface area contributed by atoms with Gasteiger partial charge in [-0.25, -0.2) is 0 Å². The van der Waals surface area contributed by atoms with Gasteiger partial charge in [0.2, 0.25) is 11.8 Å². The Kier molecular flexibility index (Phi) is 10.0. The van der Waals surface area contributed by atoms with Gasteiger partial charge in [0.25, 0.3) is 0 Å². The minimum atomic E-state index is -0.817. The van der Waals surface area contributed by atoms with E-state index in [1.165, 1.54) is 21.6 Å². The van der Waals surface area contributed by atoms with Crippen LogP contribution in [0, 0.1) is 17.8 Å². The summed E-state index contributed by atoms with van der Waals surface area (Å²) in [5.74, 6) is -1.35. The monoisotopic (exact) mass is 537 g/mol. The van der Waals surface area contributed by atoms with Gasteiger partial charge in [0.05, 0.1) is 24.5 Å². The third kappa shape index (κ3) is 6.63. The van der Waals surface area contributed by atoms with Crippen LogP contribution in [0.2, 0.25) is 0 Å². The molecule has 0 unspecified atom stereocenters. The Bertz CT molecular complexity index is 1120. The summed E-state index contributed by atoms with van der Waals surface area (Å²) in [6.45, 7) is 5.16. The standard InChI is InChI=1S/C32H43NO6/c1-3-10-21(18-22-12-7-8-13-26(22)34)15-16-27-29-23(11-4-2)19-24-30(25(29)20-39-27)32(38)33(31(24)37)17-9-5-6-14-28(35)36/h7-8,12-13,18,24-25,27,30,34H,3-6,9-11,14-17,19-20H2,1-2H3,(H,35,36)/b21-18+/t24-,25+,27-,30-/m1/s1. The quantitative estimate of drug-likeness (QED) is 0.168. The van der Waals surface area contributed by atoms with Crippen LogP contribution < -0.4 is 0 Å². The van der Waals surface area contributed by atoms with Gasteiger partial charge in [-0.15, -0.1) is 0 Å². The van der Waals surface area contributed by atoms with Crippen molar-refractivity contribution < 1.29 is 29.3 Å². The average molecular weight is 538 g/mol. The maximum atomic E-state index is 13.5. The number of phenolic OH excluding ortho intramolecular Hbond substituents is 1. The number of likely N-dealkylation sites (tertiary alicyclic amines) is 1. The third-order valence-corrected chi connectivity index (χ3v) is 8.52. The molecule has 2 amide bonds. The molecule has 3 aliphatic rings. The molecule has 0 spiro atoms. The van der Waals surface area contributed by atoms with E-state index in [1.54, 1.807) is 6.07 Å². The van der Waals surface area contributed by atoms with Crippen molar-refractivity contribution in [2.75, 3.05) is 13.2 Å². The van der Waals surface area contributed by atoms with Crippen LogP contribution in [0.4, 0.5) is 0 Å². The molecule has 4 rings (SSSR count). The molecular weight excluding hydrogens is 494 g/mol. The van der Waals surface area contributed by atoms with Gasteiger partial charge in [-0.05, 0) is 56.6 Å². The van der Waals surface area contributed by atoms with Gasteiger partial charge in [0.1, 0.15) is 5.75 Å². The average Bonchev–Trinajstić information content (AvgIpc) is 3.43. The SMILES string of the molecule is CCCC1=C2[C@@H](CC/C(=C/c3ccccc3O)CCC)OC[C@@H]2[C@@H]2C(=O)N(CCCCCC(=O)O)C(=O)[C@@H]2C1. The summed E-state index contributed by atoms with van der Waals surface area (Å²) in [4.78, 5) is 39.1. The third-order valence-electron chi connectivity index (χ3n) is 8.52. The minimum Gasteiger partial charge on any atom is -0.507 e. The zero-order chi connectivity index (χ0) is 27.9. The highest BCUT2D eigenvalue weighted by Gasteiger charge is 2.56. The predicted octanol–water partition coefficient (Wildman–Crippen LogP) is 6.12. The van der Waals surface area contributed by atoms with E-state index in [1.807, 2.05) is 18.2 Å². The van der Waals surface area contributed by atoms with E-state index in [0.717, 1.165) is 44.1 Å². The lowest BCUT2D eigenvalue weighted by atomic mass is 9.68. The zero-order valence-corrected chi connectivity index (χ0v) is 23.4. The number of ether oxygens (including phenoxy) is 1. The molecule has 7 nitrogen and oxygen atoms in total. The minimum absolute atomic E-state index is 0.0412. The van der Waals surface area contributed by atoms with E-state index in [-0.39, 0.29) is 47.8 Å². The predicted molar refractivity (Wildman–Crippen MR) is 150 cm³/mol. The number of imide groups is 1. The summed E-state index contributed by atoms with van der Waals surface area (Å²) in [5.41, 5.74) is 4.67. The number of carboxylic acids is 1. The molecule has 0 radical (unpaired) electrons. The second-order valence-corrected chi connectivity index (χ2v) is 11.3. The Balaban J connectivity index is 1.47. The van der Waals surface area contributed by atoms with Crippen molar-refractivity contribution in [3.63, 3.8) is 0 Å². The number of para-hydroxylation sites is 1. The summed E-state index contributed by atoms with van der Waals surface area (Å²) >= 11 is 0. The summed E-state index contributed by atoms with van der Waals surface area (Å²) in [7, 11) is 0. The van der Waals surface area contributed by atoms with Gasteiger partial charge in [0, 0.05) is 24.4 Å². The van der Waals surface area contributed by atoms with Crippen LogP contribution in [0.1, 0.15) is 90.0 Å². The van der Waals surface area contributed by atoms with Crippen molar-refractivity contribution in [3.8, 4) is 5.75 Å². The number of carboxylic acid groups (broad SMARTS) is 1. The van der Waals surface area contributed by atoms with Gasteiger partial charge in [-0.2, -0.15) is 0 Å². The molecule has 7 heteroatoms. The number of phenols is 1. The number of rotatable bonds is 14. The fourth-order valence-electron chi connectivity index (χ4n) is 6.76. The van der Waals surface area contributed by atoms with Crippen molar-refractivity contribution in [3.05, 3.63) is 46.5 Å². The summed E-state index contributed by atoms with van der Waals surface area (Å²) < 4.78 is 6.37. The number of allylic oxidation sites excluding steroid dienone is 2. The first kappa shape index (κ1) is 29.1. The Morgan fingerprint density at radius 3 is 2.54 bits per heavy atom. The fraction of sp³-hybridized carbons (Fsp3) is 0.594. The van der Waals surface area contributed by atoms with Crippen molar-refractivity contribution >= 4 is 23.9 Å². The first-order valence-electron chi connectivity index (χ1n) is 14.7. The Morgan fingerprint density at radius 1 is 1.03 bits per heavy atom. The molecule has 1 aromatic rings. The van der Waals surface area contributed by atoms with Gasteiger partial charge in [-0.3, -0.25) is 19.3 Å². The summed E-state index contributed by atoms with van der Waals surface area (Å²) in [6, 6.07) is 7.39. The van der Waals surface area contributed by atoms with E-state index in [0.29, 0.717) is 38.8 Å². The van der Waals surface area contributed by atoms with Crippen molar-refractivity contribution in [1.29, 1.82) is 0 Å². The van der Waals surface area contributed by atoms with Crippen molar-refractivity contribution in [2.24, 2.45) is 17.8 Å². The number of benzene rings is 1. The number of hydrogen-bond donors (Lipinski definition) is 2. The Morgan fingerprint density at radius 2 is 1.82 bits per heavy atom. The summed E-state index contributed by atoms with van der Waals surface area (Å²) in [5, 5.41) is 19.1. The number of aliphatic carboxylic acids is 1. The summed E-state index contributed by atoms with van der Waals surface area (Å²) in [6.07, 6.45) is 10.2. The van der Waals surface area contributed by atoms with E-state index in [9.17, 15) is 19.5 Å². The lowest BCUT2D eigenvalue weighted by Gasteiger charge is -2.32. The van der Waals surface area contributed by atoms with Crippen molar-refractivity contribution in [1.82, 2.24) is 4.90 Å². The highest BCUT2D eigenvalue weighted by atomic mass is 16.5. The fourth-order valence-corrected chi connectivity index (χ4v) is 6.76. The van der Waals surface area contributed by atoms with Gasteiger partial charge in [-0.1, -0.05) is 68.5 Å². The van der Waals surface area contributed by atoms with E-state index in [2.05, 4.69) is 19.9 Å². The first-order valence-corrected chi connectivity index (χ1v) is 14.7. The maximum Gasteiger partial charge on any atom is 0.303 e. The molecule has 4 atom stereocenters. The highest BCUT2D eigenvalue weighted by Crippen LogP contribution is 2.50. The van der Waals surface area contributed by atoms with Crippen molar-refractivity contribution in [2.45, 2.75) is 90.6 Å². The number of hydrogen-bond acceptors (Lipinski definition) is 5. The topological polar surface area (TPSA) is 104 Å². The van der Waals surface area contributed by atoms with Crippen LogP contribution in [0.15, 0.2) is 41.0 Å². The van der Waals surface area contributed by atoms with Crippen LogP contribution >= 0.6 is 0 Å². The number of carbonyl (C=O) groups is 3. The number of aromatic hydroxyl groups is 1. The number of carbonyl (C=O) groups excluding carboxylic acids is 2. The molecule has 39 heavy (non-hydrogen) atoms. The smallest absolute Gasteiger partial charge is 0.303 e. The van der Waals surface area contributed by atoms with Crippen LogP contribution in [-0.4, -0.2) is 52.2 Å². The normalized spacial score (nSPS) is 24.9. The number of unbranched alkanes of at least 4 members (excludes halogenated alkanes) is 2. The van der Waals surface area contributed by atoms with Gasteiger partial charge >= 0.3 is 5.97 Å². The van der Waals surface area contributed by atoms with Gasteiger partial charge in [0.15, 0.2) is 0 Å². The number of fused-ring (bicyclic) bond motifs is 3. The van der Waals surface area contributed by atoms with Gasteiger partial charge < -0.3 is 14.9 Å². The maximum absolute atomic E-state index is 13.5. The second kappa shape index (κ2) is 13.4. The van der Waals surface area contributed by atoms with Crippen LogP contribution in [0.5, 0.6) is 5.75 Å². The molecular formula is C32H43NO6. The second-order valence-electron chi connectivity index (χ2n) is 11.3. The molecule has 0 aromatic heterocycles. The Hall–Kier alpha value is -2.93. The molecule has 1 aliphatic carbocycles. The lowest BCUT2D eigenvalue weighted by molar-refractivity contribution is -0.141. The molecule has 2 saturated heterocycles.